The summed E-state index contributed by atoms with van der Waals surface area (Å²) in [5.74, 6) is 0. The van der Waals surface area contributed by atoms with Crippen LogP contribution in [0.3, 0.4) is 0 Å². The standard InChI is InChI=1S/C15H15ClN2S/c1-10-3-2-4-11(7-10)9-18-14-6-5-12(15(17)19)8-13(14)16/h2-8,18H,9H2,1H3,(H2,17,19). The van der Waals surface area contributed by atoms with E-state index in [1.807, 2.05) is 18.2 Å². The molecule has 4 heteroatoms. The molecule has 2 aromatic carbocycles. The molecular formula is C15H15ClN2S. The van der Waals surface area contributed by atoms with Crippen LogP contribution in [0.25, 0.3) is 0 Å². The first-order valence-corrected chi connectivity index (χ1v) is 6.73. The molecule has 2 nitrogen and oxygen atoms in total. The number of hydrogen-bond acceptors (Lipinski definition) is 2. The van der Waals surface area contributed by atoms with Crippen LogP contribution in [0.2, 0.25) is 5.02 Å². The van der Waals surface area contributed by atoms with Gasteiger partial charge in [0.25, 0.3) is 0 Å². The Kier molecular flexibility index (Phi) is 4.40. The van der Waals surface area contributed by atoms with Gasteiger partial charge < -0.3 is 11.1 Å². The van der Waals surface area contributed by atoms with Crippen LogP contribution in [0.4, 0.5) is 5.69 Å². The smallest absolute Gasteiger partial charge is 0.104 e. The topological polar surface area (TPSA) is 38.0 Å². The van der Waals surface area contributed by atoms with E-state index in [1.165, 1.54) is 11.1 Å². The highest BCUT2D eigenvalue weighted by molar-refractivity contribution is 7.80. The molecule has 3 N–H and O–H groups in total. The van der Waals surface area contributed by atoms with Gasteiger partial charge in [0.1, 0.15) is 4.99 Å². The van der Waals surface area contributed by atoms with Gasteiger partial charge in [-0.3, -0.25) is 0 Å². The van der Waals surface area contributed by atoms with E-state index in [9.17, 15) is 0 Å². The Labute approximate surface area is 123 Å². The average molecular weight is 291 g/mol. The van der Waals surface area contributed by atoms with Crippen LogP contribution in [0.15, 0.2) is 42.5 Å². The minimum absolute atomic E-state index is 0.354. The lowest BCUT2D eigenvalue weighted by atomic mass is 10.1. The van der Waals surface area contributed by atoms with Crippen molar-refractivity contribution in [2.75, 3.05) is 5.32 Å². The number of hydrogen-bond donors (Lipinski definition) is 2. The Morgan fingerprint density at radius 2 is 2.05 bits per heavy atom. The van der Waals surface area contributed by atoms with Gasteiger partial charge in [-0.2, -0.15) is 0 Å². The zero-order chi connectivity index (χ0) is 13.8. The molecule has 0 saturated heterocycles. The normalized spacial score (nSPS) is 10.2. The van der Waals surface area contributed by atoms with E-state index >= 15 is 0 Å². The number of benzene rings is 2. The first-order chi connectivity index (χ1) is 9.06. The summed E-state index contributed by atoms with van der Waals surface area (Å²) < 4.78 is 0. The van der Waals surface area contributed by atoms with Gasteiger partial charge in [-0.25, -0.2) is 0 Å². The van der Waals surface area contributed by atoms with Crippen LogP contribution in [0, 0.1) is 6.92 Å². The molecule has 0 spiro atoms. The van der Waals surface area contributed by atoms with Crippen molar-refractivity contribution in [2.24, 2.45) is 5.73 Å². The molecule has 0 radical (unpaired) electrons. The van der Waals surface area contributed by atoms with Crippen LogP contribution in [0.1, 0.15) is 16.7 Å². The van der Waals surface area contributed by atoms with Gasteiger partial charge in [0, 0.05) is 12.1 Å². The Balaban J connectivity index is 2.10. The number of nitrogens with two attached hydrogens (primary N) is 1. The molecule has 2 aromatic rings. The molecule has 98 valence electrons. The lowest BCUT2D eigenvalue weighted by molar-refractivity contribution is 1.14. The van der Waals surface area contributed by atoms with Crippen LogP contribution < -0.4 is 11.1 Å². The zero-order valence-corrected chi connectivity index (χ0v) is 12.2. The number of aryl methyl sites for hydroxylation is 1. The van der Waals surface area contributed by atoms with E-state index in [1.54, 1.807) is 6.07 Å². The number of anilines is 1. The van der Waals surface area contributed by atoms with Gasteiger partial charge >= 0.3 is 0 Å². The van der Waals surface area contributed by atoms with Crippen molar-refractivity contribution >= 4 is 34.5 Å². The third-order valence-corrected chi connectivity index (χ3v) is 3.37. The van der Waals surface area contributed by atoms with Crippen molar-refractivity contribution in [2.45, 2.75) is 13.5 Å². The fourth-order valence-electron chi connectivity index (χ4n) is 1.83. The molecule has 0 aliphatic rings. The van der Waals surface area contributed by atoms with Gasteiger partial charge in [0.15, 0.2) is 0 Å². The fraction of sp³-hybridized carbons (Fsp3) is 0.133. The average Bonchev–Trinajstić information content (AvgIpc) is 2.37. The third kappa shape index (κ3) is 3.69. The number of rotatable bonds is 4. The quantitative estimate of drug-likeness (QED) is 0.839. The van der Waals surface area contributed by atoms with Crippen molar-refractivity contribution in [1.29, 1.82) is 0 Å². The molecule has 0 saturated carbocycles. The second-order valence-electron chi connectivity index (χ2n) is 4.40. The molecule has 2 rings (SSSR count). The monoisotopic (exact) mass is 290 g/mol. The van der Waals surface area contributed by atoms with Crippen molar-refractivity contribution in [1.82, 2.24) is 0 Å². The molecule has 0 heterocycles. The van der Waals surface area contributed by atoms with Crippen LogP contribution in [-0.2, 0) is 6.54 Å². The van der Waals surface area contributed by atoms with E-state index in [2.05, 4.69) is 30.4 Å². The maximum atomic E-state index is 6.19. The van der Waals surface area contributed by atoms with E-state index in [4.69, 9.17) is 29.6 Å². The maximum absolute atomic E-state index is 6.19. The SMILES string of the molecule is Cc1cccc(CNc2ccc(C(N)=S)cc2Cl)c1. The Bertz CT molecular complexity index is 611. The molecule has 0 aliphatic heterocycles. The second-order valence-corrected chi connectivity index (χ2v) is 5.25. The summed E-state index contributed by atoms with van der Waals surface area (Å²) in [6.45, 7) is 2.81. The predicted octanol–water partition coefficient (Wildman–Crippen LogP) is 3.89. The van der Waals surface area contributed by atoms with Crippen LogP contribution in [0.5, 0.6) is 0 Å². The highest BCUT2D eigenvalue weighted by Gasteiger charge is 2.03. The molecule has 0 aromatic heterocycles. The Morgan fingerprint density at radius 1 is 1.26 bits per heavy atom. The van der Waals surface area contributed by atoms with Gasteiger partial charge in [0.2, 0.25) is 0 Å². The fourth-order valence-corrected chi connectivity index (χ4v) is 2.21. The van der Waals surface area contributed by atoms with Crippen LogP contribution in [-0.4, -0.2) is 4.99 Å². The molecule has 0 atom stereocenters. The largest absolute Gasteiger partial charge is 0.389 e. The zero-order valence-electron chi connectivity index (χ0n) is 10.6. The molecule has 0 fully saturated rings. The van der Waals surface area contributed by atoms with Crippen molar-refractivity contribution in [3.8, 4) is 0 Å². The number of halogens is 1. The summed E-state index contributed by atoms with van der Waals surface area (Å²) in [5, 5.41) is 3.93. The van der Waals surface area contributed by atoms with Gasteiger partial charge in [-0.05, 0) is 30.7 Å². The molecule has 19 heavy (non-hydrogen) atoms. The maximum Gasteiger partial charge on any atom is 0.104 e. The van der Waals surface area contributed by atoms with Crippen molar-refractivity contribution in [3.05, 3.63) is 64.2 Å². The van der Waals surface area contributed by atoms with Crippen molar-refractivity contribution < 1.29 is 0 Å². The minimum atomic E-state index is 0.354. The third-order valence-electron chi connectivity index (χ3n) is 2.82. The summed E-state index contributed by atoms with van der Waals surface area (Å²) in [7, 11) is 0. The molecule has 0 aliphatic carbocycles. The molecule has 0 bridgehead atoms. The van der Waals surface area contributed by atoms with Gasteiger partial charge in [0.05, 0.1) is 10.7 Å². The predicted molar refractivity (Wildman–Crippen MR) is 85.8 cm³/mol. The highest BCUT2D eigenvalue weighted by Crippen LogP contribution is 2.23. The van der Waals surface area contributed by atoms with E-state index in [-0.39, 0.29) is 0 Å². The van der Waals surface area contributed by atoms with E-state index in [0.717, 1.165) is 17.8 Å². The minimum Gasteiger partial charge on any atom is -0.389 e. The Morgan fingerprint density at radius 3 is 2.68 bits per heavy atom. The summed E-state index contributed by atoms with van der Waals surface area (Å²) in [5.41, 5.74) is 9.69. The Hall–Kier alpha value is -1.58. The molecule has 0 amide bonds. The first kappa shape index (κ1) is 13.8. The lowest BCUT2D eigenvalue weighted by Crippen LogP contribution is -2.09. The van der Waals surface area contributed by atoms with Gasteiger partial charge in [-0.1, -0.05) is 53.6 Å². The summed E-state index contributed by atoms with van der Waals surface area (Å²) in [6.07, 6.45) is 0. The molecule has 0 unspecified atom stereocenters. The summed E-state index contributed by atoms with van der Waals surface area (Å²) >= 11 is 11.1. The van der Waals surface area contributed by atoms with Gasteiger partial charge in [-0.15, -0.1) is 0 Å². The second kappa shape index (κ2) is 6.04. The number of thiocarbonyl (C=S) groups is 1. The summed E-state index contributed by atoms with van der Waals surface area (Å²) in [4.78, 5) is 0.354. The first-order valence-electron chi connectivity index (χ1n) is 5.95. The van der Waals surface area contributed by atoms with Crippen LogP contribution >= 0.6 is 23.8 Å². The van der Waals surface area contributed by atoms with E-state index in [0.29, 0.717) is 10.0 Å². The summed E-state index contributed by atoms with van der Waals surface area (Å²) in [6, 6.07) is 13.9. The molecular weight excluding hydrogens is 276 g/mol. The number of nitrogens with one attached hydrogen (secondary N) is 1. The van der Waals surface area contributed by atoms with Crippen molar-refractivity contribution in [3.63, 3.8) is 0 Å². The highest BCUT2D eigenvalue weighted by atomic mass is 35.5. The lowest BCUT2D eigenvalue weighted by Gasteiger charge is -2.10. The van der Waals surface area contributed by atoms with E-state index < -0.39 is 0 Å².